The van der Waals surface area contributed by atoms with E-state index in [-0.39, 0.29) is 17.7 Å². The Labute approximate surface area is 172 Å². The summed E-state index contributed by atoms with van der Waals surface area (Å²) in [6.07, 6.45) is 1.33. The molecule has 0 radical (unpaired) electrons. The van der Waals surface area contributed by atoms with Crippen molar-refractivity contribution in [3.63, 3.8) is 0 Å². The van der Waals surface area contributed by atoms with Crippen LogP contribution in [-0.2, 0) is 11.3 Å². The minimum absolute atomic E-state index is 0.0442. The zero-order chi connectivity index (χ0) is 19.2. The second kappa shape index (κ2) is 9.00. The van der Waals surface area contributed by atoms with Crippen LogP contribution >= 0.6 is 22.6 Å². The lowest BCUT2D eigenvalue weighted by molar-refractivity contribution is -0.126. The van der Waals surface area contributed by atoms with Crippen molar-refractivity contribution in [3.8, 4) is 6.07 Å². The predicted molar refractivity (Wildman–Crippen MR) is 111 cm³/mol. The number of nitrogens with one attached hydrogen (secondary N) is 1. The highest BCUT2D eigenvalue weighted by Gasteiger charge is 2.27. The number of likely N-dealkylation sites (tertiary alicyclic amines) is 1. The van der Waals surface area contributed by atoms with Gasteiger partial charge in [0.2, 0.25) is 5.91 Å². The van der Waals surface area contributed by atoms with Crippen molar-refractivity contribution in [2.24, 2.45) is 5.92 Å². The summed E-state index contributed by atoms with van der Waals surface area (Å²) < 4.78 is 1.17. The molecule has 0 bridgehead atoms. The Hall–Kier alpha value is -2.40. The first-order chi connectivity index (χ1) is 13.1. The molecule has 2 amide bonds. The number of halogens is 1. The molecule has 1 N–H and O–H groups in total. The molecule has 5 nitrogen and oxygen atoms in total. The number of nitrogens with zero attached hydrogens (tertiary/aromatic N) is 2. The molecule has 0 atom stereocenters. The number of hydrogen-bond acceptors (Lipinski definition) is 3. The van der Waals surface area contributed by atoms with Gasteiger partial charge in [0.15, 0.2) is 0 Å². The molecule has 6 heteroatoms. The molecule has 0 spiro atoms. The van der Waals surface area contributed by atoms with Crippen LogP contribution in [0.25, 0.3) is 0 Å². The van der Waals surface area contributed by atoms with Gasteiger partial charge in [-0.2, -0.15) is 5.26 Å². The van der Waals surface area contributed by atoms with Gasteiger partial charge in [0.05, 0.1) is 11.6 Å². The lowest BCUT2D eigenvalue weighted by atomic mass is 9.95. The van der Waals surface area contributed by atoms with E-state index < -0.39 is 0 Å². The largest absolute Gasteiger partial charge is 0.352 e. The summed E-state index contributed by atoms with van der Waals surface area (Å²) in [7, 11) is 0. The molecule has 138 valence electrons. The molecule has 0 saturated carbocycles. The normalized spacial score (nSPS) is 14.4. The highest BCUT2D eigenvalue weighted by atomic mass is 127. The standard InChI is InChI=1S/C21H20IN3O2/c22-19-7-3-16(4-8-19)14-24-20(26)17-9-11-25(12-10-17)21(27)18-5-1-15(13-23)2-6-18/h1-8,17H,9-12,14H2,(H,24,26). The molecule has 1 aliphatic rings. The summed E-state index contributed by atoms with van der Waals surface area (Å²) in [5, 5.41) is 11.8. The fourth-order valence-electron chi connectivity index (χ4n) is 3.15. The van der Waals surface area contributed by atoms with Gasteiger partial charge in [0.25, 0.3) is 5.91 Å². The van der Waals surface area contributed by atoms with Crippen LogP contribution in [0.1, 0.15) is 34.3 Å². The zero-order valence-electron chi connectivity index (χ0n) is 14.8. The number of benzene rings is 2. The summed E-state index contributed by atoms with van der Waals surface area (Å²) in [5.74, 6) is -0.0462. The second-order valence-corrected chi connectivity index (χ2v) is 7.85. The summed E-state index contributed by atoms with van der Waals surface area (Å²) in [6.45, 7) is 1.67. The van der Waals surface area contributed by atoms with E-state index in [0.717, 1.165) is 5.56 Å². The van der Waals surface area contributed by atoms with Crippen LogP contribution in [0.3, 0.4) is 0 Å². The fraction of sp³-hybridized carbons (Fsp3) is 0.286. The Bertz CT molecular complexity index is 848. The summed E-state index contributed by atoms with van der Waals surface area (Å²) >= 11 is 2.25. The minimum atomic E-state index is -0.0566. The quantitative estimate of drug-likeness (QED) is 0.693. The minimum Gasteiger partial charge on any atom is -0.352 e. The number of nitriles is 1. The number of amides is 2. The average Bonchev–Trinajstić information content (AvgIpc) is 2.73. The molecule has 27 heavy (non-hydrogen) atoms. The topological polar surface area (TPSA) is 73.2 Å². The maximum Gasteiger partial charge on any atom is 0.253 e. The van der Waals surface area contributed by atoms with Crippen molar-refractivity contribution < 1.29 is 9.59 Å². The first-order valence-corrected chi connectivity index (χ1v) is 9.96. The lowest BCUT2D eigenvalue weighted by Crippen LogP contribution is -2.42. The lowest BCUT2D eigenvalue weighted by Gasteiger charge is -2.31. The van der Waals surface area contributed by atoms with E-state index in [4.69, 9.17) is 5.26 Å². The van der Waals surface area contributed by atoms with Crippen LogP contribution < -0.4 is 5.32 Å². The molecular formula is C21H20IN3O2. The van der Waals surface area contributed by atoms with Gasteiger partial charge in [-0.1, -0.05) is 12.1 Å². The summed E-state index contributed by atoms with van der Waals surface area (Å²) in [4.78, 5) is 26.7. The number of piperidine rings is 1. The predicted octanol–water partition coefficient (Wildman–Crippen LogP) is 3.33. The van der Waals surface area contributed by atoms with E-state index in [0.29, 0.717) is 43.6 Å². The maximum absolute atomic E-state index is 12.6. The van der Waals surface area contributed by atoms with Crippen molar-refractivity contribution in [1.82, 2.24) is 10.2 Å². The van der Waals surface area contributed by atoms with Crippen LogP contribution in [0.15, 0.2) is 48.5 Å². The van der Waals surface area contributed by atoms with Crippen molar-refractivity contribution in [3.05, 3.63) is 68.8 Å². The molecule has 0 aromatic heterocycles. The van der Waals surface area contributed by atoms with E-state index in [1.54, 1.807) is 29.2 Å². The molecule has 1 aliphatic heterocycles. The van der Waals surface area contributed by atoms with Crippen LogP contribution in [0, 0.1) is 20.8 Å². The molecule has 1 fully saturated rings. The van der Waals surface area contributed by atoms with Gasteiger partial charge in [0, 0.05) is 34.7 Å². The molecule has 0 aliphatic carbocycles. The van der Waals surface area contributed by atoms with Crippen LogP contribution in [0.2, 0.25) is 0 Å². The molecule has 1 heterocycles. The summed E-state index contributed by atoms with van der Waals surface area (Å²) in [5.41, 5.74) is 2.20. The Kier molecular flexibility index (Phi) is 6.45. The molecule has 2 aromatic carbocycles. The van der Waals surface area contributed by atoms with Gasteiger partial charge in [-0.25, -0.2) is 0 Å². The number of carbonyl (C=O) groups excluding carboxylic acids is 2. The second-order valence-electron chi connectivity index (χ2n) is 6.60. The Morgan fingerprint density at radius 3 is 2.30 bits per heavy atom. The Morgan fingerprint density at radius 2 is 1.70 bits per heavy atom. The van der Waals surface area contributed by atoms with Crippen LogP contribution in [-0.4, -0.2) is 29.8 Å². The van der Waals surface area contributed by atoms with Gasteiger partial charge >= 0.3 is 0 Å². The monoisotopic (exact) mass is 473 g/mol. The van der Waals surface area contributed by atoms with Gasteiger partial charge in [0.1, 0.15) is 0 Å². The van der Waals surface area contributed by atoms with Crippen molar-refractivity contribution in [1.29, 1.82) is 5.26 Å². The molecule has 1 saturated heterocycles. The molecule has 2 aromatic rings. The maximum atomic E-state index is 12.6. The molecule has 0 unspecified atom stereocenters. The van der Waals surface area contributed by atoms with Gasteiger partial charge in [-0.15, -0.1) is 0 Å². The van der Waals surface area contributed by atoms with E-state index in [1.165, 1.54) is 3.57 Å². The smallest absolute Gasteiger partial charge is 0.253 e. The third kappa shape index (κ3) is 5.07. The fourth-order valence-corrected chi connectivity index (χ4v) is 3.51. The highest BCUT2D eigenvalue weighted by Crippen LogP contribution is 2.20. The van der Waals surface area contributed by atoms with E-state index in [1.807, 2.05) is 30.3 Å². The summed E-state index contributed by atoms with van der Waals surface area (Å²) in [6, 6.07) is 16.8. The van der Waals surface area contributed by atoms with E-state index in [2.05, 4.69) is 27.9 Å². The third-order valence-electron chi connectivity index (χ3n) is 4.79. The van der Waals surface area contributed by atoms with Gasteiger partial charge in [-0.3, -0.25) is 9.59 Å². The van der Waals surface area contributed by atoms with Crippen LogP contribution in [0.5, 0.6) is 0 Å². The first kappa shape index (κ1) is 19.4. The zero-order valence-corrected chi connectivity index (χ0v) is 17.0. The first-order valence-electron chi connectivity index (χ1n) is 8.88. The van der Waals surface area contributed by atoms with Gasteiger partial charge in [-0.05, 0) is 77.4 Å². The third-order valence-corrected chi connectivity index (χ3v) is 5.51. The van der Waals surface area contributed by atoms with Gasteiger partial charge < -0.3 is 10.2 Å². The number of carbonyl (C=O) groups is 2. The van der Waals surface area contributed by atoms with Crippen LogP contribution in [0.4, 0.5) is 0 Å². The highest BCUT2D eigenvalue weighted by molar-refractivity contribution is 14.1. The average molecular weight is 473 g/mol. The number of rotatable bonds is 4. The van der Waals surface area contributed by atoms with Crippen molar-refractivity contribution in [2.45, 2.75) is 19.4 Å². The van der Waals surface area contributed by atoms with Crippen molar-refractivity contribution in [2.75, 3.05) is 13.1 Å². The molecular weight excluding hydrogens is 453 g/mol. The number of hydrogen-bond donors (Lipinski definition) is 1. The van der Waals surface area contributed by atoms with E-state index in [9.17, 15) is 9.59 Å². The Balaban J connectivity index is 1.48. The SMILES string of the molecule is N#Cc1ccc(C(=O)N2CCC(C(=O)NCc3ccc(I)cc3)CC2)cc1. The van der Waals surface area contributed by atoms with E-state index >= 15 is 0 Å². The van der Waals surface area contributed by atoms with Crippen molar-refractivity contribution >= 4 is 34.4 Å². The Morgan fingerprint density at radius 1 is 1.07 bits per heavy atom. The molecule has 3 rings (SSSR count).